The number of hydrogen-bond donors (Lipinski definition) is 1. The highest BCUT2D eigenvalue weighted by atomic mass is 16.5. The molecule has 0 aromatic carbocycles. The lowest BCUT2D eigenvalue weighted by atomic mass is 9.94. The van der Waals surface area contributed by atoms with Crippen LogP contribution in [0.5, 0.6) is 0 Å². The highest BCUT2D eigenvalue weighted by Crippen LogP contribution is 2.23. The second kappa shape index (κ2) is 8.90. The maximum Gasteiger partial charge on any atom is 0.0639 e. The number of aliphatic hydroxyl groups is 1. The van der Waals surface area contributed by atoms with Crippen LogP contribution < -0.4 is 0 Å². The quantitative estimate of drug-likeness (QED) is 0.665. The van der Waals surface area contributed by atoms with Gasteiger partial charge >= 0.3 is 0 Å². The topological polar surface area (TPSA) is 32.7 Å². The molecule has 1 aliphatic carbocycles. The number of aliphatic hydroxyl groups excluding tert-OH is 1. The number of nitrogens with zero attached hydrogens (tertiary/aromatic N) is 1. The molecular formula is C14H29NO2. The van der Waals surface area contributed by atoms with E-state index in [9.17, 15) is 5.11 Å². The Hall–Kier alpha value is -0.120. The largest absolute Gasteiger partial charge is 0.392 e. The Kier molecular flexibility index (Phi) is 7.82. The third-order valence-corrected chi connectivity index (χ3v) is 3.63. The Morgan fingerprint density at radius 3 is 2.53 bits per heavy atom. The van der Waals surface area contributed by atoms with Gasteiger partial charge in [-0.1, -0.05) is 19.3 Å². The zero-order chi connectivity index (χ0) is 12.5. The molecule has 1 rings (SSSR count). The fourth-order valence-electron chi connectivity index (χ4n) is 2.77. The number of methoxy groups -OCH3 is 1. The maximum absolute atomic E-state index is 9.59. The SMILES string of the molecule is COCCCCN(CC(C)O)C1CCCCC1. The highest BCUT2D eigenvalue weighted by molar-refractivity contribution is 4.77. The van der Waals surface area contributed by atoms with Gasteiger partial charge in [0, 0.05) is 26.3 Å². The zero-order valence-corrected chi connectivity index (χ0v) is 11.5. The summed E-state index contributed by atoms with van der Waals surface area (Å²) in [5.41, 5.74) is 0. The Bertz CT molecular complexity index is 179. The minimum Gasteiger partial charge on any atom is -0.392 e. The minimum absolute atomic E-state index is 0.209. The summed E-state index contributed by atoms with van der Waals surface area (Å²) in [5, 5.41) is 9.59. The molecule has 0 spiro atoms. The van der Waals surface area contributed by atoms with E-state index in [2.05, 4.69) is 4.90 Å². The van der Waals surface area contributed by atoms with Crippen LogP contribution in [-0.4, -0.2) is 49.0 Å². The van der Waals surface area contributed by atoms with E-state index in [0.717, 1.165) is 26.1 Å². The number of rotatable bonds is 8. The van der Waals surface area contributed by atoms with Crippen LogP contribution in [-0.2, 0) is 4.74 Å². The van der Waals surface area contributed by atoms with Crippen molar-refractivity contribution >= 4 is 0 Å². The average molecular weight is 243 g/mol. The van der Waals surface area contributed by atoms with Crippen molar-refractivity contribution in [2.24, 2.45) is 0 Å². The third kappa shape index (κ3) is 6.39. The van der Waals surface area contributed by atoms with E-state index < -0.39 is 0 Å². The van der Waals surface area contributed by atoms with Crippen molar-refractivity contribution in [3.63, 3.8) is 0 Å². The molecule has 1 aliphatic rings. The molecule has 17 heavy (non-hydrogen) atoms. The van der Waals surface area contributed by atoms with Gasteiger partial charge in [0.25, 0.3) is 0 Å². The van der Waals surface area contributed by atoms with Gasteiger partial charge in [0.15, 0.2) is 0 Å². The Morgan fingerprint density at radius 2 is 1.94 bits per heavy atom. The molecule has 0 saturated heterocycles. The van der Waals surface area contributed by atoms with Crippen molar-refractivity contribution in [3.05, 3.63) is 0 Å². The monoisotopic (exact) mass is 243 g/mol. The second-order valence-electron chi connectivity index (χ2n) is 5.34. The highest BCUT2D eigenvalue weighted by Gasteiger charge is 2.21. The lowest BCUT2D eigenvalue weighted by Crippen LogP contribution is -2.41. The minimum atomic E-state index is -0.209. The summed E-state index contributed by atoms with van der Waals surface area (Å²) in [6, 6.07) is 0.709. The fourth-order valence-corrected chi connectivity index (χ4v) is 2.77. The first kappa shape index (κ1) is 14.9. The number of hydrogen-bond acceptors (Lipinski definition) is 3. The van der Waals surface area contributed by atoms with Gasteiger partial charge in [-0.3, -0.25) is 4.90 Å². The predicted molar refractivity (Wildman–Crippen MR) is 71.2 cm³/mol. The van der Waals surface area contributed by atoms with Crippen LogP contribution in [0.4, 0.5) is 0 Å². The molecule has 102 valence electrons. The van der Waals surface area contributed by atoms with Gasteiger partial charge < -0.3 is 9.84 Å². The lowest BCUT2D eigenvalue weighted by molar-refractivity contribution is 0.0788. The van der Waals surface area contributed by atoms with E-state index in [0.29, 0.717) is 6.04 Å². The normalized spacial score (nSPS) is 19.8. The van der Waals surface area contributed by atoms with Crippen LogP contribution in [0.25, 0.3) is 0 Å². The van der Waals surface area contributed by atoms with Gasteiger partial charge in [0.05, 0.1) is 6.10 Å². The molecule has 0 radical (unpaired) electrons. The summed E-state index contributed by atoms with van der Waals surface area (Å²) in [4.78, 5) is 2.50. The molecule has 0 aromatic heterocycles. The molecule has 1 saturated carbocycles. The van der Waals surface area contributed by atoms with E-state index >= 15 is 0 Å². The van der Waals surface area contributed by atoms with Crippen molar-refractivity contribution < 1.29 is 9.84 Å². The smallest absolute Gasteiger partial charge is 0.0639 e. The maximum atomic E-state index is 9.59. The molecule has 3 heteroatoms. The Morgan fingerprint density at radius 1 is 1.24 bits per heavy atom. The average Bonchev–Trinajstić information content (AvgIpc) is 2.34. The van der Waals surface area contributed by atoms with Crippen LogP contribution in [0.15, 0.2) is 0 Å². The Labute approximate surface area is 106 Å². The molecule has 3 nitrogen and oxygen atoms in total. The van der Waals surface area contributed by atoms with Crippen molar-refractivity contribution in [2.75, 3.05) is 26.8 Å². The fraction of sp³-hybridized carbons (Fsp3) is 1.00. The van der Waals surface area contributed by atoms with Crippen molar-refractivity contribution in [1.29, 1.82) is 0 Å². The molecule has 1 N–H and O–H groups in total. The van der Waals surface area contributed by atoms with Gasteiger partial charge in [-0.05, 0) is 39.2 Å². The van der Waals surface area contributed by atoms with Crippen LogP contribution in [0.3, 0.4) is 0 Å². The first-order valence-electron chi connectivity index (χ1n) is 7.15. The molecule has 0 amide bonds. The van der Waals surface area contributed by atoms with Gasteiger partial charge in [0.2, 0.25) is 0 Å². The molecule has 0 bridgehead atoms. The zero-order valence-electron chi connectivity index (χ0n) is 11.5. The first-order chi connectivity index (χ1) is 8.24. The summed E-state index contributed by atoms with van der Waals surface area (Å²) in [6.45, 7) is 4.69. The standard InChI is InChI=1S/C14H29NO2/c1-13(16)12-15(10-6-7-11-17-2)14-8-4-3-5-9-14/h13-14,16H,3-12H2,1-2H3. The van der Waals surface area contributed by atoms with Crippen molar-refractivity contribution in [1.82, 2.24) is 4.90 Å². The summed E-state index contributed by atoms with van der Waals surface area (Å²) >= 11 is 0. The summed E-state index contributed by atoms with van der Waals surface area (Å²) in [7, 11) is 1.76. The molecular weight excluding hydrogens is 214 g/mol. The number of ether oxygens (including phenoxy) is 1. The number of unbranched alkanes of at least 4 members (excludes halogenated alkanes) is 1. The summed E-state index contributed by atoms with van der Waals surface area (Å²) < 4.78 is 5.08. The molecule has 1 atom stereocenters. The van der Waals surface area contributed by atoms with E-state index in [4.69, 9.17) is 4.74 Å². The van der Waals surface area contributed by atoms with Crippen LogP contribution in [0.2, 0.25) is 0 Å². The van der Waals surface area contributed by atoms with E-state index in [1.165, 1.54) is 38.5 Å². The van der Waals surface area contributed by atoms with Gasteiger partial charge in [-0.15, -0.1) is 0 Å². The second-order valence-corrected chi connectivity index (χ2v) is 5.34. The van der Waals surface area contributed by atoms with Gasteiger partial charge in [-0.2, -0.15) is 0 Å². The lowest BCUT2D eigenvalue weighted by Gasteiger charge is -2.35. The Balaban J connectivity index is 2.30. The molecule has 0 heterocycles. The van der Waals surface area contributed by atoms with Crippen LogP contribution in [0, 0.1) is 0 Å². The summed E-state index contributed by atoms with van der Waals surface area (Å²) in [5.74, 6) is 0. The van der Waals surface area contributed by atoms with Gasteiger partial charge in [0.1, 0.15) is 0 Å². The van der Waals surface area contributed by atoms with Crippen LogP contribution in [0.1, 0.15) is 51.9 Å². The molecule has 1 fully saturated rings. The van der Waals surface area contributed by atoms with Crippen LogP contribution >= 0.6 is 0 Å². The van der Waals surface area contributed by atoms with E-state index in [-0.39, 0.29) is 6.10 Å². The summed E-state index contributed by atoms with van der Waals surface area (Å²) in [6.07, 6.45) is 8.84. The molecule has 1 unspecified atom stereocenters. The van der Waals surface area contributed by atoms with E-state index in [1.54, 1.807) is 7.11 Å². The van der Waals surface area contributed by atoms with E-state index in [1.807, 2.05) is 6.92 Å². The predicted octanol–water partition coefficient (Wildman–Crippen LogP) is 2.43. The van der Waals surface area contributed by atoms with Crippen molar-refractivity contribution in [2.45, 2.75) is 64.0 Å². The third-order valence-electron chi connectivity index (χ3n) is 3.63. The molecule has 0 aromatic rings. The van der Waals surface area contributed by atoms with Crippen molar-refractivity contribution in [3.8, 4) is 0 Å². The first-order valence-corrected chi connectivity index (χ1v) is 7.15. The molecule has 0 aliphatic heterocycles. The van der Waals surface area contributed by atoms with Gasteiger partial charge in [-0.25, -0.2) is 0 Å².